The van der Waals surface area contributed by atoms with Gasteiger partial charge < -0.3 is 9.64 Å². The number of hydrogen-bond acceptors (Lipinski definition) is 2. The van der Waals surface area contributed by atoms with Gasteiger partial charge in [-0.25, -0.2) is 4.39 Å². The number of benzene rings is 2. The number of carbonyl (C=O) groups excluding carboxylic acids is 1. The Morgan fingerprint density at radius 1 is 1.23 bits per heavy atom. The number of carbonyl (C=O) groups is 1. The molecule has 0 aliphatic carbocycles. The van der Waals surface area contributed by atoms with Crippen molar-refractivity contribution in [3.8, 4) is 0 Å². The molecule has 1 aliphatic heterocycles. The van der Waals surface area contributed by atoms with E-state index in [2.05, 4.69) is 0 Å². The molecule has 2 aromatic rings. The van der Waals surface area contributed by atoms with Gasteiger partial charge in [0, 0.05) is 36.4 Å². The van der Waals surface area contributed by atoms with Gasteiger partial charge in [0.1, 0.15) is 5.82 Å². The lowest BCUT2D eigenvalue weighted by Crippen LogP contribution is -2.36. The first-order chi connectivity index (χ1) is 12.6. The monoisotopic (exact) mass is 373 g/mol. The number of nitrogens with zero attached hydrogens (tertiary/aromatic N) is 1. The summed E-state index contributed by atoms with van der Waals surface area (Å²) in [4.78, 5) is 14.4. The van der Waals surface area contributed by atoms with Crippen LogP contribution >= 0.6 is 11.6 Å². The van der Waals surface area contributed by atoms with Gasteiger partial charge in [-0.15, -0.1) is 0 Å². The maximum absolute atomic E-state index is 14.0. The summed E-state index contributed by atoms with van der Waals surface area (Å²) < 4.78 is 19.7. The fourth-order valence-electron chi connectivity index (χ4n) is 2.95. The molecule has 1 unspecified atom stereocenters. The van der Waals surface area contributed by atoms with E-state index in [1.807, 2.05) is 12.1 Å². The molecule has 1 amide bonds. The summed E-state index contributed by atoms with van der Waals surface area (Å²) in [5, 5.41) is 0.646. The molecule has 0 bridgehead atoms. The van der Waals surface area contributed by atoms with E-state index >= 15 is 0 Å². The first-order valence-corrected chi connectivity index (χ1v) is 9.07. The summed E-state index contributed by atoms with van der Waals surface area (Å²) in [6.45, 7) is 1.39. The number of hydrogen-bond donors (Lipinski definition) is 0. The Balaban J connectivity index is 1.73. The van der Waals surface area contributed by atoms with E-state index in [4.69, 9.17) is 16.3 Å². The molecule has 1 saturated heterocycles. The van der Waals surface area contributed by atoms with Crippen LogP contribution in [-0.2, 0) is 16.1 Å². The molecule has 5 heteroatoms. The van der Waals surface area contributed by atoms with Crippen molar-refractivity contribution in [1.82, 2.24) is 4.90 Å². The Morgan fingerprint density at radius 2 is 2.00 bits per heavy atom. The lowest BCUT2D eigenvalue weighted by Gasteiger charge is -2.24. The Kier molecular flexibility index (Phi) is 6.42. The van der Waals surface area contributed by atoms with Crippen molar-refractivity contribution < 1.29 is 13.9 Å². The molecule has 3 rings (SSSR count). The third kappa shape index (κ3) is 5.16. The highest BCUT2D eigenvalue weighted by Gasteiger charge is 2.22. The molecule has 0 radical (unpaired) electrons. The van der Waals surface area contributed by atoms with E-state index in [0.29, 0.717) is 23.7 Å². The molecule has 1 atom stereocenters. The molecular formula is C21H21ClFNO2. The van der Waals surface area contributed by atoms with Crippen LogP contribution in [0.4, 0.5) is 4.39 Å². The molecule has 3 nitrogen and oxygen atoms in total. The minimum absolute atomic E-state index is 0.00894. The molecule has 0 N–H and O–H groups in total. The second-order valence-corrected chi connectivity index (χ2v) is 6.77. The molecule has 136 valence electrons. The Morgan fingerprint density at radius 3 is 2.69 bits per heavy atom. The van der Waals surface area contributed by atoms with Crippen LogP contribution < -0.4 is 0 Å². The normalized spacial score (nSPS) is 16.9. The third-order valence-corrected chi connectivity index (χ3v) is 4.62. The number of ether oxygens (including phenoxy) is 1. The van der Waals surface area contributed by atoms with Crippen molar-refractivity contribution in [1.29, 1.82) is 0 Å². The Bertz CT molecular complexity index is 770. The summed E-state index contributed by atoms with van der Waals surface area (Å²) in [5.74, 6) is -0.474. The first-order valence-electron chi connectivity index (χ1n) is 8.69. The van der Waals surface area contributed by atoms with Gasteiger partial charge in [0.15, 0.2) is 0 Å². The second-order valence-electron chi connectivity index (χ2n) is 6.33. The van der Waals surface area contributed by atoms with Crippen LogP contribution in [0.25, 0.3) is 6.08 Å². The maximum Gasteiger partial charge on any atom is 0.246 e. The number of halogens is 2. The highest BCUT2D eigenvalue weighted by Crippen LogP contribution is 2.17. The average molecular weight is 374 g/mol. The predicted octanol–water partition coefficient (Wildman–Crippen LogP) is 4.70. The van der Waals surface area contributed by atoms with Gasteiger partial charge in [0.2, 0.25) is 5.91 Å². The first kappa shape index (κ1) is 18.6. The number of rotatable bonds is 6. The zero-order chi connectivity index (χ0) is 18.4. The Hall–Kier alpha value is -2.17. The SMILES string of the molecule is O=C(/C=C/c1ccc(Cl)cc1)N(Cc1ccccc1F)CC1CCCO1. The van der Waals surface area contributed by atoms with Gasteiger partial charge in [-0.05, 0) is 42.7 Å². The van der Waals surface area contributed by atoms with Crippen molar-refractivity contribution in [2.45, 2.75) is 25.5 Å². The fraction of sp³-hybridized carbons (Fsp3) is 0.286. The van der Waals surface area contributed by atoms with Crippen molar-refractivity contribution in [2.75, 3.05) is 13.2 Å². The standard InChI is InChI=1S/C21H21ClFNO2/c22-18-10-7-16(8-11-18)9-12-21(25)24(15-19-5-3-13-26-19)14-17-4-1-2-6-20(17)23/h1-2,4,6-12,19H,3,5,13-15H2/b12-9+. The molecule has 26 heavy (non-hydrogen) atoms. The topological polar surface area (TPSA) is 29.5 Å². The Labute approximate surface area is 158 Å². The summed E-state index contributed by atoms with van der Waals surface area (Å²) in [6.07, 6.45) is 5.17. The molecule has 0 saturated carbocycles. The smallest absolute Gasteiger partial charge is 0.246 e. The van der Waals surface area contributed by atoms with Crippen molar-refractivity contribution in [3.05, 3.63) is 76.6 Å². The van der Waals surface area contributed by atoms with Gasteiger partial charge in [-0.1, -0.05) is 41.9 Å². The van der Waals surface area contributed by atoms with Gasteiger partial charge in [-0.2, -0.15) is 0 Å². The van der Waals surface area contributed by atoms with Gasteiger partial charge in [0.05, 0.1) is 6.10 Å². The van der Waals surface area contributed by atoms with E-state index in [1.165, 1.54) is 12.1 Å². The van der Waals surface area contributed by atoms with Crippen molar-refractivity contribution >= 4 is 23.6 Å². The molecule has 0 spiro atoms. The molecule has 0 aromatic heterocycles. The zero-order valence-corrected chi connectivity index (χ0v) is 15.2. The molecule has 2 aromatic carbocycles. The highest BCUT2D eigenvalue weighted by molar-refractivity contribution is 6.30. The van der Waals surface area contributed by atoms with E-state index in [0.717, 1.165) is 18.4 Å². The lowest BCUT2D eigenvalue weighted by molar-refractivity contribution is -0.128. The van der Waals surface area contributed by atoms with E-state index < -0.39 is 0 Å². The van der Waals surface area contributed by atoms with E-state index in [9.17, 15) is 9.18 Å². The molecular weight excluding hydrogens is 353 g/mol. The van der Waals surface area contributed by atoms with Crippen molar-refractivity contribution in [3.63, 3.8) is 0 Å². The summed E-state index contributed by atoms with van der Waals surface area (Å²) in [6, 6.07) is 13.8. The van der Waals surface area contributed by atoms with Crippen molar-refractivity contribution in [2.24, 2.45) is 0 Å². The van der Waals surface area contributed by atoms with Crippen LogP contribution in [0, 0.1) is 5.82 Å². The van der Waals surface area contributed by atoms with Crippen LogP contribution in [0.15, 0.2) is 54.6 Å². The van der Waals surface area contributed by atoms with Crippen LogP contribution in [0.5, 0.6) is 0 Å². The average Bonchev–Trinajstić information content (AvgIpc) is 3.15. The fourth-order valence-corrected chi connectivity index (χ4v) is 3.07. The largest absolute Gasteiger partial charge is 0.376 e. The second kappa shape index (κ2) is 8.97. The van der Waals surface area contributed by atoms with Crippen LogP contribution in [0.3, 0.4) is 0 Å². The minimum atomic E-state index is -0.306. The maximum atomic E-state index is 14.0. The summed E-state index contributed by atoms with van der Waals surface area (Å²) in [7, 11) is 0. The van der Waals surface area contributed by atoms with Gasteiger partial charge in [-0.3, -0.25) is 4.79 Å². The van der Waals surface area contributed by atoms with E-state index in [-0.39, 0.29) is 24.4 Å². The summed E-state index contributed by atoms with van der Waals surface area (Å²) in [5.41, 5.74) is 1.38. The van der Waals surface area contributed by atoms with Crippen LogP contribution in [-0.4, -0.2) is 30.1 Å². The van der Waals surface area contributed by atoms with Gasteiger partial charge in [0.25, 0.3) is 0 Å². The van der Waals surface area contributed by atoms with E-state index in [1.54, 1.807) is 41.3 Å². The highest BCUT2D eigenvalue weighted by atomic mass is 35.5. The van der Waals surface area contributed by atoms with Gasteiger partial charge >= 0.3 is 0 Å². The van der Waals surface area contributed by atoms with Crippen LogP contribution in [0.2, 0.25) is 5.02 Å². The molecule has 1 heterocycles. The minimum Gasteiger partial charge on any atom is -0.376 e. The molecule has 1 aliphatic rings. The predicted molar refractivity (Wildman–Crippen MR) is 101 cm³/mol. The quantitative estimate of drug-likeness (QED) is 0.687. The number of amides is 1. The lowest BCUT2D eigenvalue weighted by atomic mass is 10.1. The van der Waals surface area contributed by atoms with Crippen LogP contribution in [0.1, 0.15) is 24.0 Å². The summed E-state index contributed by atoms with van der Waals surface area (Å²) >= 11 is 5.88. The zero-order valence-electron chi connectivity index (χ0n) is 14.4. The molecule has 1 fully saturated rings. The third-order valence-electron chi connectivity index (χ3n) is 4.37.